The van der Waals surface area contributed by atoms with Gasteiger partial charge in [-0.15, -0.1) is 11.8 Å². The van der Waals surface area contributed by atoms with Gasteiger partial charge in [0.25, 0.3) is 5.56 Å². The Labute approximate surface area is 131 Å². The average molecular weight is 340 g/mol. The molecule has 2 aliphatic rings. The molecule has 0 aromatic carbocycles. The minimum Gasteiger partial charge on any atom is -0.369 e. The van der Waals surface area contributed by atoms with E-state index in [4.69, 9.17) is 10.5 Å². The molecule has 1 saturated carbocycles. The summed E-state index contributed by atoms with van der Waals surface area (Å²) in [4.78, 5) is 42.1. The molecule has 3 heterocycles. The standard InChI is InChI=1S/C12H12N4O4S2/c13-11-14-8-7(9(18)15-11)22-12(19)16(8)5-3-21-10(20-5)6(17)4-1-2-4/h4-5,10H,1-3H2,(H3,13,14,15,18)/t5-,10+/m1/s1. The second-order valence-corrected chi connectivity index (χ2v) is 7.33. The van der Waals surface area contributed by atoms with Crippen molar-refractivity contribution in [1.82, 2.24) is 14.5 Å². The lowest BCUT2D eigenvalue weighted by atomic mass is 10.3. The van der Waals surface area contributed by atoms with Gasteiger partial charge in [-0.25, -0.2) is 0 Å². The van der Waals surface area contributed by atoms with Crippen LogP contribution in [0, 0.1) is 5.92 Å². The zero-order valence-corrected chi connectivity index (χ0v) is 12.9. The largest absolute Gasteiger partial charge is 0.369 e. The van der Waals surface area contributed by atoms with Crippen LogP contribution in [0.2, 0.25) is 0 Å². The molecule has 8 nitrogen and oxygen atoms in total. The maximum Gasteiger partial charge on any atom is 0.311 e. The summed E-state index contributed by atoms with van der Waals surface area (Å²) in [6.45, 7) is 0. The molecule has 1 aliphatic heterocycles. The normalized spacial score (nSPS) is 24.9. The lowest BCUT2D eigenvalue weighted by molar-refractivity contribution is -0.129. The van der Waals surface area contributed by atoms with E-state index in [9.17, 15) is 14.4 Å². The van der Waals surface area contributed by atoms with Gasteiger partial charge in [0.15, 0.2) is 23.1 Å². The fourth-order valence-corrected chi connectivity index (χ4v) is 4.42. The Kier molecular flexibility index (Phi) is 3.13. The van der Waals surface area contributed by atoms with Crippen molar-refractivity contribution < 1.29 is 9.53 Å². The molecule has 3 N–H and O–H groups in total. The Hall–Kier alpha value is -1.65. The molecule has 1 aliphatic carbocycles. The van der Waals surface area contributed by atoms with E-state index in [2.05, 4.69) is 9.97 Å². The Balaban J connectivity index is 1.72. The number of thiazole rings is 1. The fourth-order valence-electron chi connectivity index (χ4n) is 2.44. The van der Waals surface area contributed by atoms with E-state index < -0.39 is 17.2 Å². The molecule has 0 amide bonds. The highest BCUT2D eigenvalue weighted by molar-refractivity contribution is 8.00. The number of H-pyrrole nitrogens is 1. The van der Waals surface area contributed by atoms with Gasteiger partial charge < -0.3 is 10.5 Å². The second-order valence-electron chi connectivity index (χ2n) is 5.27. The van der Waals surface area contributed by atoms with Crippen molar-refractivity contribution in [2.24, 2.45) is 5.92 Å². The van der Waals surface area contributed by atoms with Gasteiger partial charge in [-0.05, 0) is 12.8 Å². The molecule has 1 saturated heterocycles. The summed E-state index contributed by atoms with van der Waals surface area (Å²) in [5.74, 6) is 0.595. The van der Waals surface area contributed by atoms with Crippen molar-refractivity contribution in [3.63, 3.8) is 0 Å². The van der Waals surface area contributed by atoms with E-state index in [0.29, 0.717) is 5.75 Å². The molecule has 116 valence electrons. The predicted octanol–water partition coefficient (Wildman–Crippen LogP) is 0.296. The van der Waals surface area contributed by atoms with Gasteiger partial charge >= 0.3 is 4.87 Å². The second kappa shape index (κ2) is 4.93. The summed E-state index contributed by atoms with van der Waals surface area (Å²) in [5.41, 5.74) is 4.77. The maximum absolute atomic E-state index is 12.2. The fraction of sp³-hybridized carbons (Fsp3) is 0.500. The van der Waals surface area contributed by atoms with Crippen LogP contribution in [0.1, 0.15) is 19.1 Å². The molecule has 22 heavy (non-hydrogen) atoms. The number of carbonyl (C=O) groups is 1. The third-order valence-electron chi connectivity index (χ3n) is 3.66. The summed E-state index contributed by atoms with van der Waals surface area (Å²) in [5, 5.41) is 0. The Bertz CT molecular complexity index is 881. The summed E-state index contributed by atoms with van der Waals surface area (Å²) in [6.07, 6.45) is 1.23. The van der Waals surface area contributed by atoms with Gasteiger partial charge in [0, 0.05) is 11.7 Å². The number of fused-ring (bicyclic) bond motifs is 1. The first-order valence-corrected chi connectivity index (χ1v) is 8.63. The van der Waals surface area contributed by atoms with Gasteiger partial charge in [0.2, 0.25) is 5.95 Å². The predicted molar refractivity (Wildman–Crippen MR) is 83.0 cm³/mol. The molecule has 0 radical (unpaired) electrons. The van der Waals surface area contributed by atoms with Gasteiger partial charge in [-0.2, -0.15) is 4.98 Å². The zero-order valence-electron chi connectivity index (χ0n) is 11.3. The summed E-state index contributed by atoms with van der Waals surface area (Å²) in [6, 6.07) is 0. The van der Waals surface area contributed by atoms with Crippen LogP contribution in [0.25, 0.3) is 10.3 Å². The number of anilines is 1. The number of aromatic amines is 1. The van der Waals surface area contributed by atoms with Crippen LogP contribution in [0.15, 0.2) is 9.59 Å². The van der Waals surface area contributed by atoms with E-state index in [0.717, 1.165) is 24.2 Å². The SMILES string of the molecule is Nc1nc2c(sc(=O)n2[C@H]2CS[C@@H](C(=O)C3CC3)O2)c(=O)[nH]1. The highest BCUT2D eigenvalue weighted by Gasteiger charge is 2.41. The molecule has 0 bridgehead atoms. The minimum atomic E-state index is -0.604. The molecule has 4 rings (SSSR count). The number of nitrogens with zero attached hydrogens (tertiary/aromatic N) is 2. The van der Waals surface area contributed by atoms with Crippen LogP contribution in [0.3, 0.4) is 0 Å². The molecular formula is C12H12N4O4S2. The van der Waals surface area contributed by atoms with Gasteiger partial charge in [0.1, 0.15) is 4.70 Å². The number of ether oxygens (including phenoxy) is 1. The molecule has 0 spiro atoms. The first kappa shape index (κ1) is 14.0. The molecule has 2 fully saturated rings. The average Bonchev–Trinajstić information content (AvgIpc) is 3.11. The molecule has 2 atom stereocenters. The molecule has 10 heteroatoms. The van der Waals surface area contributed by atoms with Crippen LogP contribution in [-0.4, -0.2) is 31.5 Å². The summed E-state index contributed by atoms with van der Waals surface area (Å²) >= 11 is 2.18. The van der Waals surface area contributed by atoms with Crippen molar-refractivity contribution in [2.75, 3.05) is 11.5 Å². The van der Waals surface area contributed by atoms with Gasteiger partial charge in [-0.1, -0.05) is 11.3 Å². The highest BCUT2D eigenvalue weighted by Crippen LogP contribution is 2.39. The lowest BCUT2D eigenvalue weighted by Crippen LogP contribution is -2.25. The Morgan fingerprint density at radius 3 is 2.91 bits per heavy atom. The Morgan fingerprint density at radius 2 is 2.18 bits per heavy atom. The van der Waals surface area contributed by atoms with E-state index >= 15 is 0 Å². The summed E-state index contributed by atoms with van der Waals surface area (Å²) < 4.78 is 7.26. The summed E-state index contributed by atoms with van der Waals surface area (Å²) in [7, 11) is 0. The van der Waals surface area contributed by atoms with E-state index in [1.165, 1.54) is 16.3 Å². The number of hydrogen-bond acceptors (Lipinski definition) is 8. The van der Waals surface area contributed by atoms with Crippen LogP contribution >= 0.6 is 23.1 Å². The number of nitrogen functional groups attached to an aromatic ring is 1. The maximum atomic E-state index is 12.2. The molecule has 2 aromatic heterocycles. The number of nitrogens with two attached hydrogens (primary N) is 1. The van der Waals surface area contributed by atoms with E-state index in [-0.39, 0.29) is 32.9 Å². The molecule has 0 unspecified atom stereocenters. The Morgan fingerprint density at radius 1 is 1.41 bits per heavy atom. The monoisotopic (exact) mass is 340 g/mol. The van der Waals surface area contributed by atoms with Crippen LogP contribution < -0.4 is 16.2 Å². The van der Waals surface area contributed by atoms with Crippen molar-refractivity contribution >= 4 is 45.2 Å². The number of aromatic nitrogens is 3. The molecular weight excluding hydrogens is 328 g/mol. The third-order valence-corrected chi connectivity index (χ3v) is 5.73. The third kappa shape index (κ3) is 2.18. The number of hydrogen-bond donors (Lipinski definition) is 2. The first-order chi connectivity index (χ1) is 10.5. The first-order valence-electron chi connectivity index (χ1n) is 6.76. The minimum absolute atomic E-state index is 0.0553. The van der Waals surface area contributed by atoms with Crippen molar-refractivity contribution in [3.8, 4) is 0 Å². The topological polar surface area (TPSA) is 120 Å². The van der Waals surface area contributed by atoms with Crippen molar-refractivity contribution in [2.45, 2.75) is 24.5 Å². The van der Waals surface area contributed by atoms with E-state index in [1.54, 1.807) is 0 Å². The highest BCUT2D eigenvalue weighted by atomic mass is 32.2. The van der Waals surface area contributed by atoms with Crippen LogP contribution in [0.4, 0.5) is 5.95 Å². The molecule has 2 aromatic rings. The lowest BCUT2D eigenvalue weighted by Gasteiger charge is -2.12. The smallest absolute Gasteiger partial charge is 0.311 e. The number of carbonyl (C=O) groups excluding carboxylic acids is 1. The van der Waals surface area contributed by atoms with Crippen molar-refractivity contribution in [1.29, 1.82) is 0 Å². The number of Topliss-reactive ketones (excluding diaryl/α,β-unsaturated/α-hetero) is 1. The van der Waals surface area contributed by atoms with Crippen LogP contribution in [-0.2, 0) is 9.53 Å². The number of nitrogens with one attached hydrogen (secondary N) is 1. The number of thioether (sulfide) groups is 1. The van der Waals surface area contributed by atoms with E-state index in [1.807, 2.05) is 0 Å². The van der Waals surface area contributed by atoms with Crippen LogP contribution in [0.5, 0.6) is 0 Å². The zero-order chi connectivity index (χ0) is 15.4. The quantitative estimate of drug-likeness (QED) is 0.824. The number of rotatable bonds is 3. The van der Waals surface area contributed by atoms with Gasteiger partial charge in [-0.3, -0.25) is 23.9 Å². The number of ketones is 1. The van der Waals surface area contributed by atoms with Crippen molar-refractivity contribution in [3.05, 3.63) is 20.0 Å². The van der Waals surface area contributed by atoms with Gasteiger partial charge in [0.05, 0.1) is 0 Å².